The summed E-state index contributed by atoms with van der Waals surface area (Å²) in [6.07, 6.45) is 3.34. The van der Waals surface area contributed by atoms with Crippen LogP contribution in [0.5, 0.6) is 0 Å². The molecule has 0 spiro atoms. The van der Waals surface area contributed by atoms with Crippen molar-refractivity contribution in [2.45, 2.75) is 50.7 Å². The van der Waals surface area contributed by atoms with Gasteiger partial charge in [-0.05, 0) is 31.9 Å². The number of carbonyl (C=O) groups excluding carboxylic acids is 1. The van der Waals surface area contributed by atoms with Crippen LogP contribution in [0, 0.1) is 6.92 Å². The van der Waals surface area contributed by atoms with Gasteiger partial charge in [-0.3, -0.25) is 9.69 Å². The lowest BCUT2D eigenvalue weighted by Gasteiger charge is -2.48. The van der Waals surface area contributed by atoms with E-state index in [4.69, 9.17) is 4.74 Å². The summed E-state index contributed by atoms with van der Waals surface area (Å²) in [5.41, 5.74) is 0.0275. The maximum absolute atomic E-state index is 13.0. The molecule has 2 aliphatic rings. The summed E-state index contributed by atoms with van der Waals surface area (Å²) in [7, 11) is 0. The first-order valence-corrected chi connectivity index (χ1v) is 11.0. The molecule has 0 radical (unpaired) electrons. The van der Waals surface area contributed by atoms with E-state index in [1.807, 2.05) is 0 Å². The maximum atomic E-state index is 13.0. The molecule has 3 heterocycles. The number of ether oxygens (including phenoxy) is 1. The minimum absolute atomic E-state index is 0.0590. The smallest absolute Gasteiger partial charge is 0.379 e. The van der Waals surface area contributed by atoms with Gasteiger partial charge in [-0.1, -0.05) is 19.3 Å². The van der Waals surface area contributed by atoms with Crippen molar-refractivity contribution < 1.29 is 22.7 Å². The topological polar surface area (TPSA) is 72.3 Å². The highest BCUT2D eigenvalue weighted by Crippen LogP contribution is 2.34. The Bertz CT molecular complexity index is 930. The van der Waals surface area contributed by atoms with Crippen molar-refractivity contribution in [3.8, 4) is 5.82 Å². The average molecular weight is 451 g/mol. The van der Waals surface area contributed by atoms with Crippen molar-refractivity contribution in [2.75, 3.05) is 32.8 Å². The molecule has 1 amide bonds. The zero-order valence-corrected chi connectivity index (χ0v) is 18.1. The molecule has 4 rings (SSSR count). The Labute approximate surface area is 184 Å². The van der Waals surface area contributed by atoms with Gasteiger partial charge in [-0.25, -0.2) is 9.67 Å². The second kappa shape index (κ2) is 9.19. The van der Waals surface area contributed by atoms with Gasteiger partial charge in [0.1, 0.15) is 0 Å². The molecule has 0 atom stereocenters. The van der Waals surface area contributed by atoms with Gasteiger partial charge in [0.15, 0.2) is 5.82 Å². The van der Waals surface area contributed by atoms with Crippen molar-refractivity contribution in [1.29, 1.82) is 0 Å². The molecule has 1 saturated heterocycles. The van der Waals surface area contributed by atoms with Gasteiger partial charge in [-0.2, -0.15) is 18.3 Å². The van der Waals surface area contributed by atoms with E-state index in [2.05, 4.69) is 20.3 Å². The SMILES string of the molecule is Cc1c(C(=O)NCC2(N3CCOCC3)CCCCC2)cnn1-c1ccc(C(F)(F)F)cn1. The van der Waals surface area contributed by atoms with Crippen LogP contribution in [0.3, 0.4) is 0 Å². The van der Waals surface area contributed by atoms with E-state index in [0.29, 0.717) is 31.0 Å². The number of halogens is 3. The first-order chi connectivity index (χ1) is 15.3. The summed E-state index contributed by atoms with van der Waals surface area (Å²) in [6.45, 7) is 5.41. The standard InChI is InChI=1S/C22H28F3N5O2/c1-16-18(14-28-30(16)19-6-5-17(13-26-19)22(23,24)25)20(31)27-15-21(7-3-2-4-8-21)29-9-11-32-12-10-29/h5-6,13-14H,2-4,7-12,15H2,1H3,(H,27,31). The number of hydrogen-bond acceptors (Lipinski definition) is 5. The van der Waals surface area contributed by atoms with Gasteiger partial charge in [-0.15, -0.1) is 0 Å². The van der Waals surface area contributed by atoms with Crippen LogP contribution < -0.4 is 5.32 Å². The average Bonchev–Trinajstić information content (AvgIpc) is 3.19. The number of amides is 1. The van der Waals surface area contributed by atoms with Gasteiger partial charge in [0, 0.05) is 31.4 Å². The number of carbonyl (C=O) groups is 1. The van der Waals surface area contributed by atoms with Crippen LogP contribution in [0.25, 0.3) is 5.82 Å². The predicted octanol–water partition coefficient (Wildman–Crippen LogP) is 3.36. The molecule has 0 bridgehead atoms. The third-order valence-electron chi connectivity index (χ3n) is 6.59. The van der Waals surface area contributed by atoms with E-state index in [0.717, 1.165) is 51.0 Å². The van der Waals surface area contributed by atoms with Crippen LogP contribution in [0.1, 0.15) is 53.7 Å². The van der Waals surface area contributed by atoms with E-state index in [1.54, 1.807) is 6.92 Å². The lowest BCUT2D eigenvalue weighted by molar-refractivity contribution is -0.137. The van der Waals surface area contributed by atoms with Crippen LogP contribution >= 0.6 is 0 Å². The van der Waals surface area contributed by atoms with Crippen LogP contribution in [-0.4, -0.2) is 64.0 Å². The normalized spacial score (nSPS) is 19.6. The number of morpholine rings is 1. The Morgan fingerprint density at radius 2 is 1.88 bits per heavy atom. The van der Waals surface area contributed by atoms with E-state index in [1.165, 1.54) is 23.4 Å². The molecule has 174 valence electrons. The number of pyridine rings is 1. The summed E-state index contributed by atoms with van der Waals surface area (Å²) in [5.74, 6) is -0.00881. The highest BCUT2D eigenvalue weighted by molar-refractivity contribution is 5.95. The Morgan fingerprint density at radius 1 is 1.16 bits per heavy atom. The summed E-state index contributed by atoms with van der Waals surface area (Å²) in [6, 6.07) is 2.21. The summed E-state index contributed by atoms with van der Waals surface area (Å²) >= 11 is 0. The number of nitrogens with zero attached hydrogens (tertiary/aromatic N) is 4. The zero-order valence-electron chi connectivity index (χ0n) is 18.1. The second-order valence-corrected chi connectivity index (χ2v) is 8.53. The van der Waals surface area contributed by atoms with Gasteiger partial charge < -0.3 is 10.1 Å². The molecule has 1 aliphatic carbocycles. The summed E-state index contributed by atoms with van der Waals surface area (Å²) in [5, 5.41) is 7.28. The Hall–Kier alpha value is -2.46. The lowest BCUT2D eigenvalue weighted by Crippen LogP contribution is -2.59. The molecule has 2 fully saturated rings. The minimum atomic E-state index is -4.45. The molecule has 2 aromatic heterocycles. The van der Waals surface area contributed by atoms with Gasteiger partial charge in [0.2, 0.25) is 0 Å². The number of rotatable bonds is 5. The van der Waals surface area contributed by atoms with Gasteiger partial charge >= 0.3 is 6.18 Å². The monoisotopic (exact) mass is 451 g/mol. The fourth-order valence-corrected chi connectivity index (χ4v) is 4.73. The number of alkyl halides is 3. The fourth-order valence-electron chi connectivity index (χ4n) is 4.73. The largest absolute Gasteiger partial charge is 0.417 e. The molecule has 1 N–H and O–H groups in total. The van der Waals surface area contributed by atoms with Crippen molar-refractivity contribution in [3.05, 3.63) is 41.3 Å². The molecule has 0 unspecified atom stereocenters. The van der Waals surface area contributed by atoms with E-state index >= 15 is 0 Å². The lowest BCUT2D eigenvalue weighted by atomic mass is 9.79. The van der Waals surface area contributed by atoms with Crippen LogP contribution in [0.4, 0.5) is 13.2 Å². The molecule has 0 aromatic carbocycles. The van der Waals surface area contributed by atoms with E-state index in [-0.39, 0.29) is 17.3 Å². The number of hydrogen-bond donors (Lipinski definition) is 1. The number of nitrogens with one attached hydrogen (secondary N) is 1. The van der Waals surface area contributed by atoms with Gasteiger partial charge in [0.25, 0.3) is 5.91 Å². The van der Waals surface area contributed by atoms with Crippen LogP contribution in [0.15, 0.2) is 24.5 Å². The zero-order chi connectivity index (χ0) is 22.8. The molecule has 1 aliphatic heterocycles. The molecular formula is C22H28F3N5O2. The third-order valence-corrected chi connectivity index (χ3v) is 6.59. The molecule has 1 saturated carbocycles. The predicted molar refractivity (Wildman–Crippen MR) is 112 cm³/mol. The first kappa shape index (κ1) is 22.7. The van der Waals surface area contributed by atoms with E-state index < -0.39 is 11.7 Å². The second-order valence-electron chi connectivity index (χ2n) is 8.53. The maximum Gasteiger partial charge on any atom is 0.417 e. The Morgan fingerprint density at radius 3 is 2.50 bits per heavy atom. The molecular weight excluding hydrogens is 423 g/mol. The minimum Gasteiger partial charge on any atom is -0.379 e. The third kappa shape index (κ3) is 4.66. The van der Waals surface area contributed by atoms with Crippen molar-refractivity contribution >= 4 is 5.91 Å². The number of aromatic nitrogens is 3. The Kier molecular flexibility index (Phi) is 6.52. The van der Waals surface area contributed by atoms with Gasteiger partial charge in [0.05, 0.1) is 36.2 Å². The highest BCUT2D eigenvalue weighted by Gasteiger charge is 2.39. The fraction of sp³-hybridized carbons (Fsp3) is 0.591. The molecule has 7 nitrogen and oxygen atoms in total. The van der Waals surface area contributed by atoms with Crippen molar-refractivity contribution in [3.63, 3.8) is 0 Å². The highest BCUT2D eigenvalue weighted by atomic mass is 19.4. The molecule has 32 heavy (non-hydrogen) atoms. The van der Waals surface area contributed by atoms with E-state index in [9.17, 15) is 18.0 Å². The molecule has 2 aromatic rings. The van der Waals surface area contributed by atoms with Crippen molar-refractivity contribution in [2.24, 2.45) is 0 Å². The quantitative estimate of drug-likeness (QED) is 0.755. The summed E-state index contributed by atoms with van der Waals surface area (Å²) in [4.78, 5) is 19.3. The Balaban J connectivity index is 1.47. The van der Waals surface area contributed by atoms with Crippen LogP contribution in [-0.2, 0) is 10.9 Å². The van der Waals surface area contributed by atoms with Crippen molar-refractivity contribution in [1.82, 2.24) is 25.0 Å². The first-order valence-electron chi connectivity index (χ1n) is 11.0. The molecule has 10 heteroatoms. The van der Waals surface area contributed by atoms with Crippen LogP contribution in [0.2, 0.25) is 0 Å². The summed E-state index contributed by atoms with van der Waals surface area (Å²) < 4.78 is 45.3.